The van der Waals surface area contributed by atoms with E-state index >= 15 is 0 Å². The molecule has 3 amide bonds. The number of amides is 3. The highest BCUT2D eigenvalue weighted by atomic mass is 35.5. The summed E-state index contributed by atoms with van der Waals surface area (Å²) in [7, 11) is 0. The van der Waals surface area contributed by atoms with Crippen molar-refractivity contribution in [1.29, 1.82) is 0 Å². The molecular formula is C33H24Cl2N2O4. The molecule has 3 atom stereocenters. The van der Waals surface area contributed by atoms with Crippen molar-refractivity contribution in [2.75, 3.05) is 5.32 Å². The molecule has 0 unspecified atom stereocenters. The van der Waals surface area contributed by atoms with E-state index in [1.165, 1.54) is 0 Å². The van der Waals surface area contributed by atoms with Crippen molar-refractivity contribution in [3.8, 4) is 11.5 Å². The SMILES string of the molecule is C[C@H](C(=O)Nc1ccc(Oc2ccccc2)cc1)N1C(=O)[C@@H]2[C@@H](C1=O)C1(Cl)c3ccccc3C2(Cl)c2ccccc21. The number of likely N-dealkylation sites (tertiary alicyclic amines) is 1. The average Bonchev–Trinajstić information content (AvgIpc) is 3.27. The first kappa shape index (κ1) is 25.8. The van der Waals surface area contributed by atoms with Crippen molar-refractivity contribution >= 4 is 46.6 Å². The molecule has 0 saturated carbocycles. The third kappa shape index (κ3) is 3.54. The van der Waals surface area contributed by atoms with Crippen molar-refractivity contribution in [2.24, 2.45) is 11.8 Å². The third-order valence-electron chi connectivity index (χ3n) is 8.49. The smallest absolute Gasteiger partial charge is 0.247 e. The van der Waals surface area contributed by atoms with Gasteiger partial charge in [0.05, 0.1) is 11.8 Å². The molecule has 1 N–H and O–H groups in total. The molecule has 4 aliphatic rings. The van der Waals surface area contributed by atoms with Crippen LogP contribution in [0.2, 0.25) is 0 Å². The second-order valence-corrected chi connectivity index (χ2v) is 11.8. The number of benzene rings is 4. The number of halogens is 2. The standard InChI is InChI=1S/C33H24Cl2N2O4/c1-19(29(38)36-20-15-17-22(18-16-20)41-21-9-3-2-4-10-21)37-30(39)27-28(31(37)40)33(35)24-12-6-5-11-23(24)32(27,34)25-13-7-8-14-26(25)33/h2-19,27-28H,1H3,(H,36,38)/t19-,27+,28+,32?,33?/m1/s1. The van der Waals surface area contributed by atoms with E-state index in [1.54, 1.807) is 31.2 Å². The van der Waals surface area contributed by atoms with Crippen LogP contribution in [0, 0.1) is 11.8 Å². The van der Waals surface area contributed by atoms with Crippen LogP contribution in [-0.2, 0) is 24.1 Å². The van der Waals surface area contributed by atoms with Gasteiger partial charge in [-0.05, 0) is 65.6 Å². The molecule has 1 aliphatic heterocycles. The Labute approximate surface area is 246 Å². The molecule has 41 heavy (non-hydrogen) atoms. The summed E-state index contributed by atoms with van der Waals surface area (Å²) < 4.78 is 5.81. The molecule has 4 aromatic carbocycles. The first-order valence-corrected chi connectivity index (χ1v) is 14.1. The minimum Gasteiger partial charge on any atom is -0.457 e. The molecule has 1 heterocycles. The zero-order valence-electron chi connectivity index (χ0n) is 21.9. The highest BCUT2D eigenvalue weighted by molar-refractivity contribution is 6.36. The molecule has 6 nitrogen and oxygen atoms in total. The van der Waals surface area contributed by atoms with Gasteiger partial charge < -0.3 is 10.1 Å². The molecule has 1 fully saturated rings. The molecule has 8 rings (SSSR count). The highest BCUT2D eigenvalue weighted by Gasteiger charge is 2.73. The van der Waals surface area contributed by atoms with Crippen molar-refractivity contribution < 1.29 is 19.1 Å². The molecule has 4 aromatic rings. The van der Waals surface area contributed by atoms with E-state index in [4.69, 9.17) is 27.9 Å². The molecular weight excluding hydrogens is 559 g/mol. The van der Waals surface area contributed by atoms with E-state index in [2.05, 4.69) is 5.32 Å². The van der Waals surface area contributed by atoms with E-state index in [0.717, 1.165) is 27.2 Å². The Kier molecular flexibility index (Phi) is 5.79. The van der Waals surface area contributed by atoms with Crippen LogP contribution in [0.4, 0.5) is 5.69 Å². The maximum Gasteiger partial charge on any atom is 0.247 e. The summed E-state index contributed by atoms with van der Waals surface area (Å²) in [6, 6.07) is 30.0. The van der Waals surface area contributed by atoms with Crippen LogP contribution in [-0.4, -0.2) is 28.7 Å². The number of imide groups is 1. The number of hydrogen-bond donors (Lipinski definition) is 1. The van der Waals surface area contributed by atoms with Gasteiger partial charge in [-0.15, -0.1) is 23.2 Å². The van der Waals surface area contributed by atoms with Gasteiger partial charge in [0.1, 0.15) is 27.3 Å². The number of anilines is 1. The lowest BCUT2D eigenvalue weighted by Crippen LogP contribution is -2.57. The van der Waals surface area contributed by atoms with Crippen LogP contribution in [0.25, 0.3) is 0 Å². The predicted octanol–water partition coefficient (Wildman–Crippen LogP) is 6.40. The topological polar surface area (TPSA) is 75.7 Å². The molecule has 0 aromatic heterocycles. The lowest BCUT2D eigenvalue weighted by Gasteiger charge is -2.54. The van der Waals surface area contributed by atoms with Gasteiger partial charge in [-0.1, -0.05) is 66.7 Å². The third-order valence-corrected chi connectivity index (χ3v) is 9.77. The second kappa shape index (κ2) is 9.20. The summed E-state index contributed by atoms with van der Waals surface area (Å²) in [6.45, 7) is 1.54. The van der Waals surface area contributed by atoms with Crippen LogP contribution in [0.15, 0.2) is 103 Å². The minimum absolute atomic E-state index is 0.501. The van der Waals surface area contributed by atoms with Gasteiger partial charge in [-0.25, -0.2) is 0 Å². The number of hydrogen-bond acceptors (Lipinski definition) is 4. The van der Waals surface area contributed by atoms with E-state index < -0.39 is 45.3 Å². The number of alkyl halides is 2. The van der Waals surface area contributed by atoms with Gasteiger partial charge in [-0.2, -0.15) is 0 Å². The van der Waals surface area contributed by atoms with Crippen LogP contribution in [0.3, 0.4) is 0 Å². The molecule has 3 aliphatic carbocycles. The van der Waals surface area contributed by atoms with E-state index in [1.807, 2.05) is 78.9 Å². The summed E-state index contributed by atoms with van der Waals surface area (Å²) in [6.07, 6.45) is 0. The van der Waals surface area contributed by atoms with Crippen LogP contribution in [0.5, 0.6) is 11.5 Å². The van der Waals surface area contributed by atoms with E-state index in [-0.39, 0.29) is 0 Å². The van der Waals surface area contributed by atoms with Crippen LogP contribution >= 0.6 is 23.2 Å². The summed E-state index contributed by atoms with van der Waals surface area (Å²) >= 11 is 14.9. The Hall–Kier alpha value is -4.13. The van der Waals surface area contributed by atoms with E-state index in [9.17, 15) is 14.4 Å². The second-order valence-electron chi connectivity index (χ2n) is 10.6. The largest absolute Gasteiger partial charge is 0.457 e. The highest BCUT2D eigenvalue weighted by Crippen LogP contribution is 2.69. The number of ether oxygens (including phenoxy) is 1. The van der Waals surface area contributed by atoms with Crippen molar-refractivity contribution in [1.82, 2.24) is 4.90 Å². The van der Waals surface area contributed by atoms with Crippen LogP contribution in [0.1, 0.15) is 29.2 Å². The predicted molar refractivity (Wildman–Crippen MR) is 156 cm³/mol. The lowest BCUT2D eigenvalue weighted by atomic mass is 9.54. The summed E-state index contributed by atoms with van der Waals surface area (Å²) in [5, 5.41) is 2.82. The Balaban J connectivity index is 1.18. The fraction of sp³-hybridized carbons (Fsp3) is 0.182. The first-order valence-electron chi connectivity index (χ1n) is 13.3. The van der Waals surface area contributed by atoms with Gasteiger partial charge >= 0.3 is 0 Å². The summed E-state index contributed by atoms with van der Waals surface area (Å²) in [5.74, 6) is -2.12. The maximum absolute atomic E-state index is 14.1. The lowest BCUT2D eigenvalue weighted by molar-refractivity contribution is -0.146. The average molecular weight is 583 g/mol. The maximum atomic E-state index is 14.1. The zero-order valence-corrected chi connectivity index (χ0v) is 23.4. The first-order chi connectivity index (χ1) is 19.8. The Bertz CT molecular complexity index is 1600. The van der Waals surface area contributed by atoms with Crippen LogP contribution < -0.4 is 10.1 Å². The molecule has 0 spiro atoms. The Morgan fingerprint density at radius 1 is 0.707 bits per heavy atom. The number of carbonyl (C=O) groups is 3. The Morgan fingerprint density at radius 3 is 1.59 bits per heavy atom. The van der Waals surface area contributed by atoms with Gasteiger partial charge in [0.25, 0.3) is 0 Å². The molecule has 0 radical (unpaired) electrons. The molecule has 8 heteroatoms. The number of rotatable bonds is 5. The van der Waals surface area contributed by atoms with Gasteiger partial charge in [-0.3, -0.25) is 19.3 Å². The Morgan fingerprint density at radius 2 is 1.12 bits per heavy atom. The number of para-hydroxylation sites is 1. The van der Waals surface area contributed by atoms with Gasteiger partial charge in [0.15, 0.2) is 0 Å². The normalized spacial score (nSPS) is 26.2. The number of nitrogens with one attached hydrogen (secondary N) is 1. The fourth-order valence-corrected chi connectivity index (χ4v) is 7.76. The van der Waals surface area contributed by atoms with Crippen molar-refractivity contribution in [2.45, 2.75) is 22.7 Å². The van der Waals surface area contributed by atoms with Crippen molar-refractivity contribution in [3.63, 3.8) is 0 Å². The van der Waals surface area contributed by atoms with Gasteiger partial charge in [0.2, 0.25) is 17.7 Å². The molecule has 2 bridgehead atoms. The molecule has 1 saturated heterocycles. The minimum atomic E-state index is -1.29. The number of nitrogens with zero attached hydrogens (tertiary/aromatic N) is 1. The molecule has 204 valence electrons. The quantitative estimate of drug-likeness (QED) is 0.218. The summed E-state index contributed by atoms with van der Waals surface area (Å²) in [5.41, 5.74) is 3.37. The fourth-order valence-electron chi connectivity index (χ4n) is 6.67. The van der Waals surface area contributed by atoms with E-state index in [0.29, 0.717) is 17.2 Å². The zero-order chi connectivity index (χ0) is 28.5. The van der Waals surface area contributed by atoms with Gasteiger partial charge in [0, 0.05) is 5.69 Å². The van der Waals surface area contributed by atoms with Crippen molar-refractivity contribution in [3.05, 3.63) is 125 Å². The monoisotopic (exact) mass is 582 g/mol. The number of carbonyl (C=O) groups excluding carboxylic acids is 3. The summed E-state index contributed by atoms with van der Waals surface area (Å²) in [4.78, 5) is 40.0.